The molecule has 4 heteroatoms. The van der Waals surface area contributed by atoms with Gasteiger partial charge in [-0.25, -0.2) is 0 Å². The molecule has 21 heavy (non-hydrogen) atoms. The van der Waals surface area contributed by atoms with Crippen molar-refractivity contribution in [1.82, 2.24) is 9.88 Å². The topological polar surface area (TPSA) is 28.3 Å². The summed E-state index contributed by atoms with van der Waals surface area (Å²) in [5.74, 6) is 0.945. The Kier molecular flexibility index (Phi) is 5.17. The van der Waals surface area contributed by atoms with Gasteiger partial charge in [0.1, 0.15) is 5.75 Å². The summed E-state index contributed by atoms with van der Waals surface area (Å²) in [4.78, 5) is 6.08. The van der Waals surface area contributed by atoms with Crippen LogP contribution in [-0.4, -0.2) is 36.6 Å². The van der Waals surface area contributed by atoms with Crippen LogP contribution in [0.5, 0.6) is 5.75 Å². The molecule has 3 nitrogen and oxygen atoms in total. The highest BCUT2D eigenvalue weighted by atomic mass is 35.5. The summed E-state index contributed by atoms with van der Waals surface area (Å²) in [6, 6.07) is 7.03. The van der Waals surface area contributed by atoms with Crippen molar-refractivity contribution in [3.63, 3.8) is 0 Å². The highest BCUT2D eigenvalue weighted by Gasteiger charge is 2.23. The molecular formula is C17H25ClN2O. The van der Waals surface area contributed by atoms with Crippen LogP contribution in [-0.2, 0) is 12.8 Å². The number of nitrogens with one attached hydrogen (secondary N) is 1. The average molecular weight is 309 g/mol. The van der Waals surface area contributed by atoms with Gasteiger partial charge in [0.2, 0.25) is 0 Å². The Balaban J connectivity index is 0.00000161. The zero-order valence-electron chi connectivity index (χ0n) is 13.1. The lowest BCUT2D eigenvalue weighted by atomic mass is 10.00. The third-order valence-electron chi connectivity index (χ3n) is 4.67. The first-order chi connectivity index (χ1) is 9.72. The van der Waals surface area contributed by atoms with Crippen LogP contribution in [0.4, 0.5) is 0 Å². The summed E-state index contributed by atoms with van der Waals surface area (Å²) in [7, 11) is 3.98. The van der Waals surface area contributed by atoms with Crippen LogP contribution in [0.25, 0.3) is 10.9 Å². The van der Waals surface area contributed by atoms with Crippen LogP contribution >= 0.6 is 12.4 Å². The largest absolute Gasteiger partial charge is 0.497 e. The zero-order chi connectivity index (χ0) is 14.1. The maximum atomic E-state index is 5.39. The number of methoxy groups -OCH3 is 1. The van der Waals surface area contributed by atoms with Crippen molar-refractivity contribution >= 4 is 23.3 Å². The van der Waals surface area contributed by atoms with Gasteiger partial charge < -0.3 is 14.6 Å². The van der Waals surface area contributed by atoms with Gasteiger partial charge in [0.25, 0.3) is 0 Å². The number of benzene rings is 1. The smallest absolute Gasteiger partial charge is 0.119 e. The molecule has 1 aliphatic rings. The fourth-order valence-corrected chi connectivity index (χ4v) is 3.42. The number of aromatic nitrogens is 1. The first-order valence-electron chi connectivity index (χ1n) is 7.60. The quantitative estimate of drug-likeness (QED) is 0.930. The summed E-state index contributed by atoms with van der Waals surface area (Å²) >= 11 is 0. The third-order valence-corrected chi connectivity index (χ3v) is 4.67. The van der Waals surface area contributed by atoms with Crippen molar-refractivity contribution in [3.8, 4) is 5.75 Å². The van der Waals surface area contributed by atoms with Gasteiger partial charge in [-0.1, -0.05) is 6.92 Å². The second-order valence-electron chi connectivity index (χ2n) is 5.83. The molecule has 0 unspecified atom stereocenters. The van der Waals surface area contributed by atoms with Crippen molar-refractivity contribution in [3.05, 3.63) is 29.5 Å². The Morgan fingerprint density at radius 3 is 2.81 bits per heavy atom. The van der Waals surface area contributed by atoms with E-state index in [0.29, 0.717) is 6.04 Å². The second-order valence-corrected chi connectivity index (χ2v) is 5.83. The van der Waals surface area contributed by atoms with E-state index in [1.54, 1.807) is 7.11 Å². The molecule has 116 valence electrons. The minimum atomic E-state index is 0. The molecule has 0 aliphatic carbocycles. The Bertz CT molecular complexity index is 608. The molecule has 1 atom stereocenters. The molecule has 1 aliphatic heterocycles. The number of fused-ring (bicyclic) bond motifs is 1. The molecular weight excluding hydrogens is 284 g/mol. The van der Waals surface area contributed by atoms with Gasteiger partial charge in [0.05, 0.1) is 7.11 Å². The number of likely N-dealkylation sites (N-methyl/N-ethyl adjacent to an activating group) is 1. The maximum Gasteiger partial charge on any atom is 0.119 e. The predicted octanol–water partition coefficient (Wildman–Crippen LogP) is 3.80. The summed E-state index contributed by atoms with van der Waals surface area (Å²) in [5.41, 5.74) is 4.10. The van der Waals surface area contributed by atoms with Crippen LogP contribution in [0.3, 0.4) is 0 Å². The highest BCUT2D eigenvalue weighted by Crippen LogP contribution is 2.30. The number of rotatable bonds is 4. The lowest BCUT2D eigenvalue weighted by molar-refractivity contribution is 0.309. The van der Waals surface area contributed by atoms with E-state index in [-0.39, 0.29) is 12.4 Å². The van der Waals surface area contributed by atoms with Gasteiger partial charge in [0.15, 0.2) is 0 Å². The molecule has 1 saturated heterocycles. The molecule has 0 amide bonds. The lowest BCUT2D eigenvalue weighted by Gasteiger charge is -2.19. The number of likely N-dealkylation sites (tertiary alicyclic amines) is 1. The Hall–Kier alpha value is -1.19. The number of aromatic amines is 1. The number of nitrogens with zero attached hydrogens (tertiary/aromatic N) is 1. The maximum absolute atomic E-state index is 5.39. The van der Waals surface area contributed by atoms with Gasteiger partial charge in [-0.2, -0.15) is 0 Å². The first-order valence-corrected chi connectivity index (χ1v) is 7.60. The Labute approximate surface area is 133 Å². The third kappa shape index (κ3) is 3.04. The van der Waals surface area contributed by atoms with Crippen molar-refractivity contribution < 1.29 is 4.74 Å². The SMILES string of the molecule is CCc1[nH]c2ccc(OC)cc2c1C[C@@H]1CCCN1C.Cl. The number of hydrogen-bond acceptors (Lipinski definition) is 2. The van der Waals surface area contributed by atoms with Crippen LogP contribution < -0.4 is 4.74 Å². The van der Waals surface area contributed by atoms with Crippen molar-refractivity contribution in [1.29, 1.82) is 0 Å². The van der Waals surface area contributed by atoms with Crippen molar-refractivity contribution in [2.24, 2.45) is 0 Å². The van der Waals surface area contributed by atoms with Crippen LogP contribution in [0, 0.1) is 0 Å². The van der Waals surface area contributed by atoms with E-state index in [0.717, 1.165) is 18.6 Å². The minimum absolute atomic E-state index is 0. The van der Waals surface area contributed by atoms with E-state index in [9.17, 15) is 0 Å². The summed E-state index contributed by atoms with van der Waals surface area (Å²) < 4.78 is 5.39. The van der Waals surface area contributed by atoms with E-state index in [1.165, 1.54) is 41.5 Å². The number of hydrogen-bond donors (Lipinski definition) is 1. The van der Waals surface area contributed by atoms with E-state index in [4.69, 9.17) is 4.74 Å². The minimum Gasteiger partial charge on any atom is -0.497 e. The van der Waals surface area contributed by atoms with E-state index in [1.807, 2.05) is 6.07 Å². The summed E-state index contributed by atoms with van der Waals surface area (Å²) in [5, 5.41) is 1.33. The van der Waals surface area contributed by atoms with Crippen LogP contribution in [0.2, 0.25) is 0 Å². The van der Waals surface area contributed by atoms with Gasteiger partial charge in [-0.15, -0.1) is 12.4 Å². The van der Waals surface area contributed by atoms with Gasteiger partial charge in [-0.05, 0) is 63.0 Å². The molecule has 1 aromatic heterocycles. The molecule has 0 radical (unpaired) electrons. The van der Waals surface area contributed by atoms with Gasteiger partial charge in [-0.3, -0.25) is 0 Å². The van der Waals surface area contributed by atoms with Crippen molar-refractivity contribution in [2.75, 3.05) is 20.7 Å². The fraction of sp³-hybridized carbons (Fsp3) is 0.529. The average Bonchev–Trinajstić information content (AvgIpc) is 3.03. The molecule has 2 aromatic rings. The molecule has 3 rings (SSSR count). The second kappa shape index (κ2) is 6.71. The highest BCUT2D eigenvalue weighted by molar-refractivity contribution is 5.86. The molecule has 1 aromatic carbocycles. The van der Waals surface area contributed by atoms with Gasteiger partial charge >= 0.3 is 0 Å². The molecule has 1 N–H and O–H groups in total. The lowest BCUT2D eigenvalue weighted by Crippen LogP contribution is -2.27. The predicted molar refractivity (Wildman–Crippen MR) is 90.8 cm³/mol. The van der Waals surface area contributed by atoms with E-state index >= 15 is 0 Å². The summed E-state index contributed by atoms with van der Waals surface area (Å²) in [6.07, 6.45) is 4.85. The Morgan fingerprint density at radius 1 is 1.38 bits per heavy atom. The Morgan fingerprint density at radius 2 is 2.19 bits per heavy atom. The van der Waals surface area contributed by atoms with Crippen LogP contribution in [0.15, 0.2) is 18.2 Å². The number of halogens is 1. The molecule has 0 saturated carbocycles. The number of ether oxygens (including phenoxy) is 1. The van der Waals surface area contributed by atoms with Crippen LogP contribution in [0.1, 0.15) is 31.0 Å². The summed E-state index contributed by atoms with van der Waals surface area (Å²) in [6.45, 7) is 3.46. The van der Waals surface area contributed by atoms with Gasteiger partial charge in [0, 0.05) is 22.6 Å². The fourth-order valence-electron chi connectivity index (χ4n) is 3.42. The van der Waals surface area contributed by atoms with E-state index in [2.05, 4.69) is 36.0 Å². The first kappa shape index (κ1) is 16.2. The monoisotopic (exact) mass is 308 g/mol. The zero-order valence-corrected chi connectivity index (χ0v) is 13.9. The number of H-pyrrole nitrogens is 1. The number of aryl methyl sites for hydroxylation is 1. The standard InChI is InChI=1S/C17H24N2O.ClH/c1-4-16-14(10-12-6-5-9-19(12)2)15-11-13(20-3)7-8-17(15)18-16;/h7-8,11-12,18H,4-6,9-10H2,1-3H3;1H/t12-;/m0./s1. The molecule has 0 bridgehead atoms. The molecule has 2 heterocycles. The molecule has 1 fully saturated rings. The van der Waals surface area contributed by atoms with E-state index < -0.39 is 0 Å². The molecule has 0 spiro atoms. The normalized spacial score (nSPS) is 18.9. The van der Waals surface area contributed by atoms with Crippen molar-refractivity contribution in [2.45, 2.75) is 38.6 Å².